The average molecular weight is 754 g/mol. The van der Waals surface area contributed by atoms with Crippen molar-refractivity contribution in [2.24, 2.45) is 5.92 Å². The number of sulfonamides is 1. The standard InChI is InChI=1S/C37H47N5O10S/c1-4-37(34(45)41-53(48,49)36(3)15-16-36)29(39-35(46)47)33(44)42-20-23(19-28(42)30(43)38-27-18-22(27)11-6-5-10-21(2)52-37)51-32-26-13-8-7-12-24(26)25-14-9-17-50-31(25)40-32/h6-8,11-13,21-23,27-29,39H,4-5,9-10,14-20H2,1-3H3,(H,38,43)(H,41,45)(H,46,47)/b11-6-/t21-,22-,23-,27-,28+,29-,37+/m1/s1. The number of carbonyl (C=O) groups excluding carboxylic acids is 3. The van der Waals surface area contributed by atoms with Gasteiger partial charge in [-0.3, -0.25) is 19.1 Å². The number of nitrogens with zero attached hydrogens (tertiary/aromatic N) is 2. The van der Waals surface area contributed by atoms with Crippen LogP contribution < -0.4 is 24.8 Å². The molecule has 4 heterocycles. The highest BCUT2D eigenvalue weighted by molar-refractivity contribution is 7.91. The first-order chi connectivity index (χ1) is 25.2. The van der Waals surface area contributed by atoms with Crippen molar-refractivity contribution in [2.45, 2.75) is 119 Å². The van der Waals surface area contributed by atoms with E-state index in [1.54, 1.807) is 6.92 Å². The van der Waals surface area contributed by atoms with E-state index in [4.69, 9.17) is 19.2 Å². The number of benzene rings is 1. The smallest absolute Gasteiger partial charge is 0.405 e. The predicted octanol–water partition coefficient (Wildman–Crippen LogP) is 2.95. The van der Waals surface area contributed by atoms with Crippen LogP contribution in [-0.4, -0.2) is 101 Å². The Bertz CT molecular complexity index is 1950. The van der Waals surface area contributed by atoms with Gasteiger partial charge in [0, 0.05) is 23.4 Å². The van der Waals surface area contributed by atoms with E-state index in [-0.39, 0.29) is 37.2 Å². The lowest BCUT2D eigenvalue weighted by atomic mass is 9.88. The Kier molecular flexibility index (Phi) is 9.81. The minimum absolute atomic E-state index is 0.0356. The van der Waals surface area contributed by atoms with Gasteiger partial charge in [-0.1, -0.05) is 37.3 Å². The number of carboxylic acid groups (broad SMARTS) is 1. The van der Waals surface area contributed by atoms with Crippen molar-refractivity contribution in [3.05, 3.63) is 42.0 Å². The molecule has 1 saturated heterocycles. The van der Waals surface area contributed by atoms with E-state index in [1.807, 2.05) is 36.4 Å². The highest BCUT2D eigenvalue weighted by Gasteiger charge is 2.58. The average Bonchev–Trinajstić information content (AvgIpc) is 4.03. The lowest BCUT2D eigenvalue weighted by molar-refractivity contribution is -0.169. The van der Waals surface area contributed by atoms with Crippen LogP contribution in [0.5, 0.6) is 11.8 Å². The van der Waals surface area contributed by atoms with Crippen LogP contribution in [0.1, 0.15) is 77.7 Å². The zero-order chi connectivity index (χ0) is 37.7. The summed E-state index contributed by atoms with van der Waals surface area (Å²) in [5, 5.41) is 17.0. The minimum atomic E-state index is -4.22. The number of aryl methyl sites for hydroxylation is 1. The number of carbonyl (C=O) groups is 4. The Labute approximate surface area is 308 Å². The van der Waals surface area contributed by atoms with Crippen molar-refractivity contribution in [3.8, 4) is 11.8 Å². The molecule has 5 aliphatic rings. The Morgan fingerprint density at radius 1 is 1.17 bits per heavy atom. The van der Waals surface area contributed by atoms with Crippen molar-refractivity contribution < 1.29 is 46.9 Å². The van der Waals surface area contributed by atoms with E-state index < -0.39 is 68.5 Å². The van der Waals surface area contributed by atoms with Gasteiger partial charge in [0.25, 0.3) is 5.91 Å². The molecule has 7 rings (SSSR count). The summed E-state index contributed by atoms with van der Waals surface area (Å²) in [7, 11) is -4.22. The zero-order valence-corrected chi connectivity index (χ0v) is 30.9. The number of amides is 4. The number of hydrogen-bond donors (Lipinski definition) is 4. The molecule has 3 fully saturated rings. The van der Waals surface area contributed by atoms with Crippen LogP contribution in [-0.2, 0) is 35.6 Å². The molecule has 4 N–H and O–H groups in total. The van der Waals surface area contributed by atoms with E-state index in [1.165, 1.54) is 18.7 Å². The molecule has 15 nitrogen and oxygen atoms in total. The third-order valence-corrected chi connectivity index (χ3v) is 13.5. The molecule has 0 bridgehead atoms. The Hall–Kier alpha value is -4.44. The fourth-order valence-electron chi connectivity index (χ4n) is 7.71. The van der Waals surface area contributed by atoms with Gasteiger partial charge in [0.05, 0.1) is 24.0 Å². The van der Waals surface area contributed by atoms with Crippen LogP contribution in [0.15, 0.2) is 36.4 Å². The van der Waals surface area contributed by atoms with Gasteiger partial charge in [0.15, 0.2) is 5.60 Å². The number of hydrogen-bond acceptors (Lipinski definition) is 10. The number of pyridine rings is 1. The van der Waals surface area contributed by atoms with Crippen LogP contribution in [0, 0.1) is 5.92 Å². The lowest BCUT2D eigenvalue weighted by Gasteiger charge is -2.41. The highest BCUT2D eigenvalue weighted by atomic mass is 32.2. The molecule has 3 aliphatic heterocycles. The maximum absolute atomic E-state index is 14.9. The van der Waals surface area contributed by atoms with Crippen LogP contribution in [0.4, 0.5) is 4.79 Å². The second-order valence-electron chi connectivity index (χ2n) is 15.1. The third-order valence-electron chi connectivity index (χ3n) is 11.3. The fraction of sp³-hybridized carbons (Fsp3) is 0.595. The molecule has 7 atom stereocenters. The number of nitrogens with one attached hydrogen (secondary N) is 3. The van der Waals surface area contributed by atoms with Crippen molar-refractivity contribution in [1.82, 2.24) is 25.2 Å². The van der Waals surface area contributed by atoms with Crippen molar-refractivity contribution in [2.75, 3.05) is 13.2 Å². The molecule has 4 amide bonds. The molecule has 53 heavy (non-hydrogen) atoms. The first-order valence-corrected chi connectivity index (χ1v) is 20.0. The molecule has 0 radical (unpaired) electrons. The van der Waals surface area contributed by atoms with Gasteiger partial charge in [-0.2, -0.15) is 4.98 Å². The molecule has 1 aromatic heterocycles. The Morgan fingerprint density at radius 2 is 1.92 bits per heavy atom. The van der Waals surface area contributed by atoms with Gasteiger partial charge < -0.3 is 34.9 Å². The van der Waals surface area contributed by atoms with Crippen molar-refractivity contribution in [3.63, 3.8) is 0 Å². The largest absolute Gasteiger partial charge is 0.477 e. The number of ether oxygens (including phenoxy) is 3. The Balaban J connectivity index is 1.27. The quantitative estimate of drug-likeness (QED) is 0.303. The summed E-state index contributed by atoms with van der Waals surface area (Å²) in [5.74, 6) is -1.69. The van der Waals surface area contributed by atoms with E-state index in [9.17, 15) is 32.7 Å². The molecule has 286 valence electrons. The summed E-state index contributed by atoms with van der Waals surface area (Å²) in [5.41, 5.74) is -1.34. The van der Waals surface area contributed by atoms with Gasteiger partial charge in [-0.15, -0.1) is 0 Å². The number of allylic oxidation sites excluding steroid dienone is 1. The van der Waals surface area contributed by atoms with Gasteiger partial charge in [0.1, 0.15) is 18.2 Å². The predicted molar refractivity (Wildman–Crippen MR) is 192 cm³/mol. The SMILES string of the molecule is CC[C@]1(C(=O)NS(=O)(=O)C2(C)CC2)O[C@H](C)CC/C=C\[C@@H]2C[C@H]2NC(=O)[C@@H]2C[C@@H](Oc3nc4c(c5ccccc35)CCCO4)CN2C(=O)[C@H]1NC(=O)O. The number of fused-ring (bicyclic) bond motifs is 5. The van der Waals surface area contributed by atoms with Gasteiger partial charge in [-0.05, 0) is 82.6 Å². The zero-order valence-electron chi connectivity index (χ0n) is 30.1. The normalized spacial score (nSPS) is 31.6. The van der Waals surface area contributed by atoms with E-state index in [0.717, 1.165) is 35.6 Å². The summed E-state index contributed by atoms with van der Waals surface area (Å²) in [4.78, 5) is 61.6. The molecule has 2 aliphatic carbocycles. The number of rotatable bonds is 7. The second-order valence-corrected chi connectivity index (χ2v) is 17.3. The minimum Gasteiger partial charge on any atom is -0.477 e. The molecule has 2 saturated carbocycles. The van der Waals surface area contributed by atoms with Crippen molar-refractivity contribution in [1.29, 1.82) is 0 Å². The molecule has 0 spiro atoms. The van der Waals surface area contributed by atoms with E-state index >= 15 is 0 Å². The van der Waals surface area contributed by atoms with E-state index in [0.29, 0.717) is 38.2 Å². The van der Waals surface area contributed by atoms with Gasteiger partial charge >= 0.3 is 6.09 Å². The maximum Gasteiger partial charge on any atom is 0.405 e. The molecule has 2 aromatic rings. The highest BCUT2D eigenvalue weighted by Crippen LogP contribution is 2.43. The Morgan fingerprint density at radius 3 is 2.64 bits per heavy atom. The summed E-state index contributed by atoms with van der Waals surface area (Å²) >= 11 is 0. The third kappa shape index (κ3) is 7.14. The molecule has 16 heteroatoms. The van der Waals surface area contributed by atoms with Crippen LogP contribution >= 0.6 is 0 Å². The summed E-state index contributed by atoms with van der Waals surface area (Å²) in [6, 6.07) is 4.44. The monoisotopic (exact) mass is 753 g/mol. The summed E-state index contributed by atoms with van der Waals surface area (Å²) < 4.78 is 46.5. The fourth-order valence-corrected chi connectivity index (χ4v) is 9.01. The van der Waals surface area contributed by atoms with Gasteiger partial charge in [0.2, 0.25) is 33.6 Å². The molecule has 1 aromatic carbocycles. The van der Waals surface area contributed by atoms with Crippen molar-refractivity contribution >= 4 is 44.6 Å². The molecular weight excluding hydrogens is 706 g/mol. The summed E-state index contributed by atoms with van der Waals surface area (Å²) in [6.07, 6.45) is 4.60. The molecule has 0 unspecified atom stereocenters. The summed E-state index contributed by atoms with van der Waals surface area (Å²) in [6.45, 7) is 5.07. The maximum atomic E-state index is 14.9. The van der Waals surface area contributed by atoms with Crippen LogP contribution in [0.25, 0.3) is 10.8 Å². The second kappa shape index (κ2) is 14.1. The molecular formula is C37H47N5O10S. The number of aromatic nitrogens is 1. The van der Waals surface area contributed by atoms with E-state index in [2.05, 4.69) is 15.4 Å². The first kappa shape index (κ1) is 36.9. The van der Waals surface area contributed by atoms with Crippen LogP contribution in [0.2, 0.25) is 0 Å². The van der Waals surface area contributed by atoms with Gasteiger partial charge in [-0.25, -0.2) is 13.2 Å². The lowest BCUT2D eigenvalue weighted by Crippen LogP contribution is -2.69. The van der Waals surface area contributed by atoms with Crippen LogP contribution in [0.3, 0.4) is 0 Å². The topological polar surface area (TPSA) is 203 Å². The first-order valence-electron chi connectivity index (χ1n) is 18.5.